The highest BCUT2D eigenvalue weighted by Gasteiger charge is 2.32. The van der Waals surface area contributed by atoms with Crippen molar-refractivity contribution in [2.24, 2.45) is 16.9 Å². The number of hydrogen-bond donors (Lipinski definition) is 5. The lowest BCUT2D eigenvalue weighted by Gasteiger charge is -2.30. The molecule has 12 nitrogen and oxygen atoms in total. The summed E-state index contributed by atoms with van der Waals surface area (Å²) in [6, 6.07) is 10.2. The van der Waals surface area contributed by atoms with Crippen LogP contribution < -0.4 is 21.2 Å². The van der Waals surface area contributed by atoms with Gasteiger partial charge in [0, 0.05) is 25.3 Å². The number of nitrogens with one attached hydrogen (secondary N) is 3. The zero-order chi connectivity index (χ0) is 28.4. The molecule has 1 aliphatic rings. The Kier molecular flexibility index (Phi) is 10.8. The van der Waals surface area contributed by atoms with E-state index in [0.717, 1.165) is 29.7 Å². The van der Waals surface area contributed by atoms with Crippen LogP contribution in [-0.4, -0.2) is 80.7 Å². The van der Waals surface area contributed by atoms with E-state index >= 15 is 0 Å². The van der Waals surface area contributed by atoms with Crippen molar-refractivity contribution in [1.82, 2.24) is 20.3 Å². The maximum Gasteiger partial charge on any atom is 0.323 e. The number of carbonyl (C=O) groups excluding carboxylic acids is 2. The Labute approximate surface area is 228 Å². The van der Waals surface area contributed by atoms with Gasteiger partial charge in [0.2, 0.25) is 21.8 Å². The van der Waals surface area contributed by atoms with Crippen LogP contribution in [0.3, 0.4) is 0 Å². The molecule has 6 N–H and O–H groups in total. The van der Waals surface area contributed by atoms with Crippen LogP contribution >= 0.6 is 0 Å². The van der Waals surface area contributed by atoms with Gasteiger partial charge in [-0.1, -0.05) is 37.3 Å². The highest BCUT2D eigenvalue weighted by atomic mass is 32.2. The Bertz CT molecular complexity index is 1300. The Morgan fingerprint density at radius 1 is 1.23 bits per heavy atom. The number of benzene rings is 2. The Morgan fingerprint density at radius 3 is 2.67 bits per heavy atom. The molecule has 1 saturated heterocycles. The second kappa shape index (κ2) is 14.0. The molecule has 13 heteroatoms. The number of amides is 2. The average molecular weight is 561 g/mol. The fraction of sp³-hybridized carbons (Fsp3) is 0.462. The summed E-state index contributed by atoms with van der Waals surface area (Å²) < 4.78 is 29.0. The number of nitrogens with two attached hydrogens (primary N) is 1. The quantitative estimate of drug-likeness (QED) is 0.134. The van der Waals surface area contributed by atoms with Crippen LogP contribution in [0.2, 0.25) is 0 Å². The van der Waals surface area contributed by atoms with Gasteiger partial charge in [-0.25, -0.2) is 8.42 Å². The molecule has 0 saturated carbocycles. The SMILES string of the molecule is CCCN(CC(=O)O)C(=O)[C@H](CC(=O)NCC1CCCN[C@@H]1C=NN)NS(=O)(=O)c1ccc2ccccc2c1. The topological polar surface area (TPSA) is 183 Å². The van der Waals surface area contributed by atoms with Crippen molar-refractivity contribution in [3.63, 3.8) is 0 Å². The molecule has 2 aromatic carbocycles. The first-order chi connectivity index (χ1) is 18.6. The van der Waals surface area contributed by atoms with Gasteiger partial charge in [0.15, 0.2) is 0 Å². The van der Waals surface area contributed by atoms with Crippen molar-refractivity contribution in [3.05, 3.63) is 42.5 Å². The number of carboxylic acid groups (broad SMARTS) is 1. The number of carbonyl (C=O) groups is 3. The number of fused-ring (bicyclic) bond motifs is 1. The van der Waals surface area contributed by atoms with E-state index in [1.54, 1.807) is 31.3 Å². The first kappa shape index (κ1) is 30.0. The molecule has 0 aromatic heterocycles. The predicted molar refractivity (Wildman–Crippen MR) is 147 cm³/mol. The summed E-state index contributed by atoms with van der Waals surface area (Å²) in [5.41, 5.74) is 0. The molecule has 2 amide bonds. The van der Waals surface area contributed by atoms with E-state index in [4.69, 9.17) is 5.84 Å². The smallest absolute Gasteiger partial charge is 0.323 e. The zero-order valence-electron chi connectivity index (χ0n) is 21.9. The van der Waals surface area contributed by atoms with Crippen LogP contribution in [0, 0.1) is 5.92 Å². The molecule has 3 rings (SSSR count). The molecule has 0 radical (unpaired) electrons. The molecular weight excluding hydrogens is 524 g/mol. The molecule has 0 spiro atoms. The van der Waals surface area contributed by atoms with Crippen LogP contribution in [0.15, 0.2) is 52.5 Å². The number of hydrogen-bond acceptors (Lipinski definition) is 8. The van der Waals surface area contributed by atoms with Crippen molar-refractivity contribution >= 4 is 44.8 Å². The molecule has 212 valence electrons. The minimum atomic E-state index is -4.24. The van der Waals surface area contributed by atoms with E-state index in [1.807, 2.05) is 12.1 Å². The molecule has 1 aliphatic heterocycles. The summed E-state index contributed by atoms with van der Waals surface area (Å²) >= 11 is 0. The lowest BCUT2D eigenvalue weighted by Crippen LogP contribution is -2.52. The summed E-state index contributed by atoms with van der Waals surface area (Å²) in [5, 5.41) is 20.5. The van der Waals surface area contributed by atoms with Gasteiger partial charge in [0.05, 0.1) is 11.3 Å². The number of hydrazone groups is 1. The largest absolute Gasteiger partial charge is 0.480 e. The van der Waals surface area contributed by atoms with E-state index in [1.165, 1.54) is 12.1 Å². The molecule has 39 heavy (non-hydrogen) atoms. The second-order valence-electron chi connectivity index (χ2n) is 9.52. The van der Waals surface area contributed by atoms with E-state index in [-0.39, 0.29) is 29.9 Å². The third-order valence-corrected chi connectivity index (χ3v) is 8.06. The van der Waals surface area contributed by atoms with Crippen molar-refractivity contribution in [1.29, 1.82) is 0 Å². The zero-order valence-corrected chi connectivity index (χ0v) is 22.7. The first-order valence-electron chi connectivity index (χ1n) is 12.9. The van der Waals surface area contributed by atoms with Crippen LogP contribution in [0.25, 0.3) is 10.8 Å². The maximum atomic E-state index is 13.4. The fourth-order valence-electron chi connectivity index (χ4n) is 4.67. The Hall–Kier alpha value is -3.55. The normalized spacial score (nSPS) is 18.6. The summed E-state index contributed by atoms with van der Waals surface area (Å²) in [7, 11) is -4.24. The fourth-order valence-corrected chi connectivity index (χ4v) is 5.89. The van der Waals surface area contributed by atoms with Gasteiger partial charge in [-0.15, -0.1) is 0 Å². The third kappa shape index (κ3) is 8.47. The molecule has 1 heterocycles. The minimum Gasteiger partial charge on any atom is -0.480 e. The van der Waals surface area contributed by atoms with Gasteiger partial charge < -0.3 is 26.5 Å². The third-order valence-electron chi connectivity index (χ3n) is 6.60. The van der Waals surface area contributed by atoms with Gasteiger partial charge in [-0.2, -0.15) is 9.82 Å². The highest BCUT2D eigenvalue weighted by Crippen LogP contribution is 2.20. The number of sulfonamides is 1. The van der Waals surface area contributed by atoms with Gasteiger partial charge in [-0.3, -0.25) is 14.4 Å². The molecule has 1 fully saturated rings. The number of rotatable bonds is 13. The van der Waals surface area contributed by atoms with Gasteiger partial charge >= 0.3 is 5.97 Å². The summed E-state index contributed by atoms with van der Waals surface area (Å²) in [6.07, 6.45) is 3.26. The Balaban J connectivity index is 1.81. The molecule has 0 bridgehead atoms. The maximum absolute atomic E-state index is 13.4. The molecule has 0 aliphatic carbocycles. The second-order valence-corrected chi connectivity index (χ2v) is 11.2. The van der Waals surface area contributed by atoms with Crippen LogP contribution in [0.1, 0.15) is 32.6 Å². The minimum absolute atomic E-state index is 0.0158. The average Bonchev–Trinajstić information content (AvgIpc) is 2.91. The van der Waals surface area contributed by atoms with Crippen molar-refractivity contribution < 1.29 is 27.9 Å². The lowest BCUT2D eigenvalue weighted by molar-refractivity contribution is -0.145. The number of nitrogens with zero attached hydrogens (tertiary/aromatic N) is 2. The van der Waals surface area contributed by atoms with Crippen molar-refractivity contribution in [2.45, 2.75) is 49.6 Å². The summed E-state index contributed by atoms with van der Waals surface area (Å²) in [6.45, 7) is 2.31. The number of aliphatic carboxylic acids is 1. The summed E-state index contributed by atoms with van der Waals surface area (Å²) in [5.74, 6) is 2.74. The number of carboxylic acids is 1. The van der Waals surface area contributed by atoms with Crippen molar-refractivity contribution in [3.8, 4) is 0 Å². The van der Waals surface area contributed by atoms with E-state index in [0.29, 0.717) is 11.8 Å². The number of piperidine rings is 1. The molecule has 2 aromatic rings. The summed E-state index contributed by atoms with van der Waals surface area (Å²) in [4.78, 5) is 38.7. The van der Waals surface area contributed by atoms with Gasteiger partial charge in [0.1, 0.15) is 12.6 Å². The van der Waals surface area contributed by atoms with Gasteiger partial charge in [0.25, 0.3) is 0 Å². The van der Waals surface area contributed by atoms with E-state index < -0.39 is 46.8 Å². The van der Waals surface area contributed by atoms with Crippen molar-refractivity contribution in [2.75, 3.05) is 26.2 Å². The van der Waals surface area contributed by atoms with Crippen LogP contribution in [0.5, 0.6) is 0 Å². The van der Waals surface area contributed by atoms with Crippen LogP contribution in [0.4, 0.5) is 0 Å². The standard InChI is InChI=1S/C26H36N6O6S/c1-2-12-32(17-25(34)35)26(36)22(14-24(33)29-15-20-8-5-11-28-23(20)16-30-27)31-39(37,38)21-10-9-18-6-3-4-7-19(18)13-21/h3-4,6-7,9-10,13,16,20,22-23,28,31H,2,5,8,11-12,14-15,17,27H2,1H3,(H,29,33)(H,34,35)/t20?,22-,23+/m0/s1. The predicted octanol–water partition coefficient (Wildman–Crippen LogP) is 0.629. The van der Waals surface area contributed by atoms with Crippen LogP contribution in [-0.2, 0) is 24.4 Å². The molecule has 1 unspecified atom stereocenters. The molecular formula is C26H36N6O6S. The van der Waals surface area contributed by atoms with Gasteiger partial charge in [-0.05, 0) is 54.6 Å². The first-order valence-corrected chi connectivity index (χ1v) is 14.4. The Morgan fingerprint density at radius 2 is 1.97 bits per heavy atom. The van der Waals surface area contributed by atoms with E-state index in [2.05, 4.69) is 20.5 Å². The monoisotopic (exact) mass is 560 g/mol. The van der Waals surface area contributed by atoms with E-state index in [9.17, 15) is 27.9 Å². The highest BCUT2D eigenvalue weighted by molar-refractivity contribution is 7.89. The lowest BCUT2D eigenvalue weighted by atomic mass is 9.91. The molecule has 3 atom stereocenters.